The summed E-state index contributed by atoms with van der Waals surface area (Å²) in [6.07, 6.45) is 5.87. The Bertz CT molecular complexity index is 1200. The molecule has 0 fully saturated rings. The number of benzene rings is 2. The number of nitrogens with zero attached hydrogens (tertiary/aromatic N) is 2. The lowest BCUT2D eigenvalue weighted by molar-refractivity contribution is -0.111. The molecule has 1 heterocycles. The van der Waals surface area contributed by atoms with Crippen molar-refractivity contribution in [2.75, 3.05) is 23.8 Å². The van der Waals surface area contributed by atoms with Gasteiger partial charge in [0, 0.05) is 24.2 Å². The van der Waals surface area contributed by atoms with Crippen LogP contribution in [0.3, 0.4) is 0 Å². The van der Waals surface area contributed by atoms with Crippen molar-refractivity contribution in [1.82, 2.24) is 9.97 Å². The van der Waals surface area contributed by atoms with Gasteiger partial charge in [-0.25, -0.2) is 23.1 Å². The van der Waals surface area contributed by atoms with Gasteiger partial charge in [-0.15, -0.1) is 0 Å². The predicted molar refractivity (Wildman–Crippen MR) is 121 cm³/mol. The monoisotopic (exact) mass is 454 g/mol. The summed E-state index contributed by atoms with van der Waals surface area (Å²) in [7, 11) is -2.30. The maximum Gasteiger partial charge on any atom is 0.264 e. The first kappa shape index (κ1) is 22.8. The molecule has 0 bridgehead atoms. The lowest BCUT2D eigenvalue weighted by atomic mass is 10.2. The van der Waals surface area contributed by atoms with E-state index in [1.807, 2.05) is 6.92 Å². The van der Waals surface area contributed by atoms with Crippen LogP contribution in [-0.4, -0.2) is 38.0 Å². The van der Waals surface area contributed by atoms with Gasteiger partial charge in [-0.1, -0.05) is 6.07 Å². The van der Waals surface area contributed by atoms with E-state index in [-0.39, 0.29) is 16.8 Å². The molecule has 1 amide bonds. The highest BCUT2D eigenvalue weighted by Gasteiger charge is 2.15. The lowest BCUT2D eigenvalue weighted by Gasteiger charge is -2.09. The van der Waals surface area contributed by atoms with E-state index in [2.05, 4.69) is 20.0 Å². The molecule has 0 unspecified atom stereocenters. The molecule has 166 valence electrons. The average Bonchev–Trinajstić information content (AvgIpc) is 2.79. The minimum atomic E-state index is -3.84. The molecule has 0 aliphatic heterocycles. The molecular weight excluding hydrogens is 432 g/mol. The summed E-state index contributed by atoms with van der Waals surface area (Å²) in [5, 5.41) is 2.68. The van der Waals surface area contributed by atoms with E-state index in [4.69, 9.17) is 9.47 Å². The first-order valence-electron chi connectivity index (χ1n) is 9.61. The molecule has 3 aromatic rings. The minimum Gasteiger partial charge on any atom is -0.493 e. The topological polar surface area (TPSA) is 120 Å². The van der Waals surface area contributed by atoms with Crippen LogP contribution in [0.25, 0.3) is 6.08 Å². The van der Waals surface area contributed by atoms with Crippen LogP contribution in [0.1, 0.15) is 12.5 Å². The fraction of sp³-hybridized carbons (Fsp3) is 0.136. The third-order valence-corrected chi connectivity index (χ3v) is 5.48. The van der Waals surface area contributed by atoms with Crippen molar-refractivity contribution in [3.63, 3.8) is 0 Å². The van der Waals surface area contributed by atoms with Crippen LogP contribution in [0, 0.1) is 0 Å². The zero-order chi connectivity index (χ0) is 23.0. The van der Waals surface area contributed by atoms with Crippen molar-refractivity contribution < 1.29 is 22.7 Å². The fourth-order valence-corrected chi connectivity index (χ4v) is 3.62. The first-order chi connectivity index (χ1) is 15.4. The number of anilines is 2. The number of hydrogen-bond donors (Lipinski definition) is 2. The number of carbonyl (C=O) groups excluding carboxylic acids is 1. The summed E-state index contributed by atoms with van der Waals surface area (Å²) in [5.74, 6) is 0.797. The maximum atomic E-state index is 12.4. The number of nitrogens with one attached hydrogen (secondary N) is 2. The summed E-state index contributed by atoms with van der Waals surface area (Å²) < 4.78 is 37.9. The van der Waals surface area contributed by atoms with E-state index in [1.165, 1.54) is 42.7 Å². The summed E-state index contributed by atoms with van der Waals surface area (Å²) in [6, 6.07) is 12.7. The van der Waals surface area contributed by atoms with Crippen molar-refractivity contribution in [2.45, 2.75) is 11.8 Å². The number of sulfonamides is 1. The van der Waals surface area contributed by atoms with Crippen LogP contribution in [0.4, 0.5) is 11.6 Å². The van der Waals surface area contributed by atoms with Crippen molar-refractivity contribution in [3.8, 4) is 11.5 Å². The van der Waals surface area contributed by atoms with Gasteiger partial charge < -0.3 is 14.8 Å². The van der Waals surface area contributed by atoms with Crippen molar-refractivity contribution in [3.05, 3.63) is 72.6 Å². The van der Waals surface area contributed by atoms with Gasteiger partial charge in [0.1, 0.15) is 0 Å². The normalized spacial score (nSPS) is 11.2. The Morgan fingerprint density at radius 3 is 2.44 bits per heavy atom. The van der Waals surface area contributed by atoms with E-state index in [1.54, 1.807) is 37.5 Å². The average molecular weight is 455 g/mol. The number of carbonyl (C=O) groups is 1. The Hall–Kier alpha value is -3.92. The Kier molecular flexibility index (Phi) is 7.40. The number of amides is 1. The highest BCUT2D eigenvalue weighted by Crippen LogP contribution is 2.28. The maximum absolute atomic E-state index is 12.4. The van der Waals surface area contributed by atoms with Crippen LogP contribution >= 0.6 is 0 Å². The minimum absolute atomic E-state index is 0.0139. The quantitative estimate of drug-likeness (QED) is 0.476. The molecule has 0 spiro atoms. The van der Waals surface area contributed by atoms with Gasteiger partial charge in [0.05, 0.1) is 18.6 Å². The lowest BCUT2D eigenvalue weighted by Crippen LogP contribution is -2.15. The van der Waals surface area contributed by atoms with E-state index < -0.39 is 10.0 Å². The summed E-state index contributed by atoms with van der Waals surface area (Å²) in [6.45, 7) is 2.40. The number of ether oxygens (including phenoxy) is 2. The standard InChI is InChI=1S/C22H22N4O5S/c1-3-31-19-11-5-16(15-20(19)30-2)6-12-21(27)25-17-7-9-18(10-8-17)32(28,29)26-22-23-13-4-14-24-22/h4-15H,3H2,1-2H3,(H,25,27)(H,23,24,26)/b12-6+. The molecule has 3 rings (SSSR count). The van der Waals surface area contributed by atoms with Gasteiger partial charge in [0.2, 0.25) is 11.9 Å². The zero-order valence-corrected chi connectivity index (χ0v) is 18.3. The van der Waals surface area contributed by atoms with E-state index in [0.717, 1.165) is 5.56 Å². The SMILES string of the molecule is CCOc1ccc(/C=C/C(=O)Nc2ccc(S(=O)(=O)Nc3ncccn3)cc2)cc1OC. The second-order valence-corrected chi connectivity index (χ2v) is 8.05. The molecule has 32 heavy (non-hydrogen) atoms. The molecule has 0 saturated carbocycles. The molecular formula is C22H22N4O5S. The van der Waals surface area contributed by atoms with Gasteiger partial charge in [0.15, 0.2) is 11.5 Å². The van der Waals surface area contributed by atoms with Gasteiger partial charge in [-0.05, 0) is 61.0 Å². The van der Waals surface area contributed by atoms with Gasteiger partial charge in [-0.3, -0.25) is 4.79 Å². The van der Waals surface area contributed by atoms with Crippen LogP contribution in [0.15, 0.2) is 71.9 Å². The zero-order valence-electron chi connectivity index (χ0n) is 17.5. The molecule has 0 aliphatic rings. The van der Waals surface area contributed by atoms with Crippen LogP contribution < -0.4 is 19.5 Å². The second-order valence-electron chi connectivity index (χ2n) is 6.37. The van der Waals surface area contributed by atoms with E-state index in [0.29, 0.717) is 23.8 Å². The number of methoxy groups -OCH3 is 1. The Balaban J connectivity index is 1.63. The van der Waals surface area contributed by atoms with Gasteiger partial charge in [-0.2, -0.15) is 0 Å². The van der Waals surface area contributed by atoms with Crippen molar-refractivity contribution >= 4 is 33.6 Å². The molecule has 2 N–H and O–H groups in total. The molecule has 0 atom stereocenters. The summed E-state index contributed by atoms with van der Waals surface area (Å²) in [5.41, 5.74) is 1.20. The largest absolute Gasteiger partial charge is 0.493 e. The Labute approximate surface area is 186 Å². The Morgan fingerprint density at radius 1 is 1.06 bits per heavy atom. The summed E-state index contributed by atoms with van der Waals surface area (Å²) in [4.78, 5) is 19.9. The number of rotatable bonds is 9. The summed E-state index contributed by atoms with van der Waals surface area (Å²) >= 11 is 0. The molecule has 2 aromatic carbocycles. The van der Waals surface area contributed by atoms with E-state index >= 15 is 0 Å². The van der Waals surface area contributed by atoms with Crippen molar-refractivity contribution in [1.29, 1.82) is 0 Å². The molecule has 9 nitrogen and oxygen atoms in total. The van der Waals surface area contributed by atoms with E-state index in [9.17, 15) is 13.2 Å². The van der Waals surface area contributed by atoms with Gasteiger partial charge in [0.25, 0.3) is 10.0 Å². The van der Waals surface area contributed by atoms with Crippen LogP contribution in [0.2, 0.25) is 0 Å². The number of aromatic nitrogens is 2. The highest BCUT2D eigenvalue weighted by atomic mass is 32.2. The highest BCUT2D eigenvalue weighted by molar-refractivity contribution is 7.92. The second kappa shape index (κ2) is 10.4. The van der Waals surface area contributed by atoms with Crippen molar-refractivity contribution in [2.24, 2.45) is 0 Å². The third kappa shape index (κ3) is 6.05. The molecule has 1 aromatic heterocycles. The predicted octanol–water partition coefficient (Wildman–Crippen LogP) is 3.34. The first-order valence-corrected chi connectivity index (χ1v) is 11.1. The van der Waals surface area contributed by atoms with Gasteiger partial charge >= 0.3 is 0 Å². The molecule has 10 heteroatoms. The smallest absolute Gasteiger partial charge is 0.264 e. The third-order valence-electron chi connectivity index (χ3n) is 4.14. The van der Waals surface area contributed by atoms with Crippen LogP contribution in [0.5, 0.6) is 11.5 Å². The molecule has 0 saturated heterocycles. The van der Waals surface area contributed by atoms with Crippen LogP contribution in [-0.2, 0) is 14.8 Å². The Morgan fingerprint density at radius 2 is 1.78 bits per heavy atom. The molecule has 0 radical (unpaired) electrons. The fourth-order valence-electron chi connectivity index (χ4n) is 2.67. The number of hydrogen-bond acceptors (Lipinski definition) is 7. The molecule has 0 aliphatic carbocycles.